The minimum atomic E-state index is -1.11. The molecule has 6 rings (SSSR count). The number of methoxy groups -OCH3 is 1. The molecule has 2 fully saturated rings. The molecule has 0 radical (unpaired) electrons. The minimum absolute atomic E-state index is 0.0543. The highest BCUT2D eigenvalue weighted by Crippen LogP contribution is 2.38. The molecule has 178 valence electrons. The Morgan fingerprint density at radius 1 is 1.29 bits per heavy atom. The zero-order valence-corrected chi connectivity index (χ0v) is 20.0. The molecule has 1 saturated heterocycles. The summed E-state index contributed by atoms with van der Waals surface area (Å²) in [6.07, 6.45) is 1.65. The molecule has 2 aliphatic rings. The first kappa shape index (κ1) is 21.5. The summed E-state index contributed by atoms with van der Waals surface area (Å²) in [5, 5.41) is 0. The molecule has 1 aliphatic carbocycles. The second-order valence-electron chi connectivity index (χ2n) is 9.47. The molecule has 1 aromatic carbocycles. The molecular formula is C24H27FN6O2S. The largest absolute Gasteiger partial charge is 0.494 e. The van der Waals surface area contributed by atoms with Gasteiger partial charge in [-0.1, -0.05) is 0 Å². The van der Waals surface area contributed by atoms with E-state index in [1.807, 2.05) is 17.1 Å². The SMILES string of the molecule is COc1cc(C(=O)N2C[C@H](N)C[C@@H](F)C2)cc2nc(-c3cc4scnc4n3CC3CC3)n(C)c12. The van der Waals surface area contributed by atoms with Crippen LogP contribution in [0.5, 0.6) is 5.75 Å². The van der Waals surface area contributed by atoms with Gasteiger partial charge in [0.25, 0.3) is 5.91 Å². The summed E-state index contributed by atoms with van der Waals surface area (Å²) in [6, 6.07) is 5.27. The normalized spacial score (nSPS) is 21.0. The standard InChI is InChI=1S/C24H27FN6O2S/c1-29-21-17(5-14(6-19(21)33-2)24(32)30-10-15(25)7-16(26)11-30)28-22(29)18-8-20-23(27-12-34-20)31(18)9-13-3-4-13/h5-6,8,12-13,15-16H,3-4,7,9-11,26H2,1-2H3/t15-,16-/m1/s1. The molecule has 2 atom stereocenters. The molecule has 0 spiro atoms. The first-order valence-electron chi connectivity index (χ1n) is 11.6. The van der Waals surface area contributed by atoms with Gasteiger partial charge in [0.1, 0.15) is 17.4 Å². The van der Waals surface area contributed by atoms with Crippen molar-refractivity contribution in [2.24, 2.45) is 18.7 Å². The molecule has 1 aliphatic heterocycles. The molecular weight excluding hydrogens is 455 g/mol. The van der Waals surface area contributed by atoms with Crippen molar-refractivity contribution in [2.45, 2.75) is 38.0 Å². The van der Waals surface area contributed by atoms with Gasteiger partial charge in [-0.2, -0.15) is 0 Å². The molecule has 0 bridgehead atoms. The van der Waals surface area contributed by atoms with Crippen LogP contribution in [-0.2, 0) is 13.6 Å². The number of thiazole rings is 1. The third-order valence-corrected chi connectivity index (χ3v) is 7.64. The van der Waals surface area contributed by atoms with Crippen LogP contribution in [0.4, 0.5) is 4.39 Å². The highest BCUT2D eigenvalue weighted by Gasteiger charge is 2.30. The Labute approximate surface area is 200 Å². The fourth-order valence-electron chi connectivity index (χ4n) is 5.04. The van der Waals surface area contributed by atoms with Gasteiger partial charge in [-0.3, -0.25) is 4.79 Å². The second kappa shape index (κ2) is 8.06. The number of imidazole rings is 1. The van der Waals surface area contributed by atoms with Crippen LogP contribution in [0.15, 0.2) is 23.7 Å². The van der Waals surface area contributed by atoms with E-state index < -0.39 is 6.17 Å². The molecule has 10 heteroatoms. The summed E-state index contributed by atoms with van der Waals surface area (Å²) in [4.78, 5) is 24.3. The van der Waals surface area contributed by atoms with Gasteiger partial charge in [0.15, 0.2) is 11.5 Å². The Morgan fingerprint density at radius 3 is 2.85 bits per heavy atom. The fourth-order valence-corrected chi connectivity index (χ4v) is 5.75. The van der Waals surface area contributed by atoms with Crippen LogP contribution in [0.2, 0.25) is 0 Å². The quantitative estimate of drug-likeness (QED) is 0.470. The number of likely N-dealkylation sites (tertiary alicyclic amines) is 1. The van der Waals surface area contributed by atoms with Crippen LogP contribution in [-0.4, -0.2) is 62.3 Å². The van der Waals surface area contributed by atoms with E-state index in [-0.39, 0.29) is 24.9 Å². The lowest BCUT2D eigenvalue weighted by Gasteiger charge is -2.33. The summed E-state index contributed by atoms with van der Waals surface area (Å²) < 4.78 is 25.2. The number of hydrogen-bond donors (Lipinski definition) is 1. The number of hydrogen-bond acceptors (Lipinski definition) is 6. The summed E-state index contributed by atoms with van der Waals surface area (Å²) in [6.45, 7) is 1.32. The predicted molar refractivity (Wildman–Crippen MR) is 130 cm³/mol. The Kier molecular flexibility index (Phi) is 5.11. The average Bonchev–Trinajstić information content (AvgIpc) is 3.26. The maximum Gasteiger partial charge on any atom is 0.254 e. The Hall–Kier alpha value is -2.98. The van der Waals surface area contributed by atoms with Crippen LogP contribution in [0.25, 0.3) is 32.9 Å². The molecule has 0 unspecified atom stereocenters. The Balaban J connectivity index is 1.45. The van der Waals surface area contributed by atoms with Crippen molar-refractivity contribution in [2.75, 3.05) is 20.2 Å². The van der Waals surface area contributed by atoms with Crippen molar-refractivity contribution in [1.82, 2.24) is 24.0 Å². The zero-order valence-electron chi connectivity index (χ0n) is 19.2. The number of rotatable bonds is 5. The van der Waals surface area contributed by atoms with Crippen LogP contribution >= 0.6 is 11.3 Å². The van der Waals surface area contributed by atoms with Gasteiger partial charge in [-0.25, -0.2) is 14.4 Å². The number of nitrogens with two attached hydrogens (primary N) is 1. The molecule has 1 saturated carbocycles. The van der Waals surface area contributed by atoms with E-state index in [1.165, 1.54) is 17.7 Å². The van der Waals surface area contributed by atoms with Crippen molar-refractivity contribution in [3.8, 4) is 17.3 Å². The third-order valence-electron chi connectivity index (χ3n) is 6.88. The molecule has 8 nitrogen and oxygen atoms in total. The third kappa shape index (κ3) is 3.56. The number of nitrogens with zero attached hydrogens (tertiary/aromatic N) is 5. The highest BCUT2D eigenvalue weighted by atomic mass is 32.1. The molecule has 1 amide bonds. The van der Waals surface area contributed by atoms with Crippen molar-refractivity contribution in [3.05, 3.63) is 29.3 Å². The first-order chi connectivity index (χ1) is 16.4. The topological polar surface area (TPSA) is 91.2 Å². The fraction of sp³-hybridized carbons (Fsp3) is 0.458. The maximum atomic E-state index is 14.1. The number of benzene rings is 1. The number of amides is 1. The first-order valence-corrected chi connectivity index (χ1v) is 12.5. The van der Waals surface area contributed by atoms with E-state index in [9.17, 15) is 9.18 Å². The van der Waals surface area contributed by atoms with E-state index >= 15 is 0 Å². The smallest absolute Gasteiger partial charge is 0.254 e. The van der Waals surface area contributed by atoms with Gasteiger partial charge in [0.2, 0.25) is 0 Å². The van der Waals surface area contributed by atoms with Crippen LogP contribution in [0, 0.1) is 5.92 Å². The predicted octanol–water partition coefficient (Wildman–Crippen LogP) is 3.58. The average molecular weight is 483 g/mol. The molecule has 34 heavy (non-hydrogen) atoms. The van der Waals surface area contributed by atoms with E-state index in [0.717, 1.165) is 33.9 Å². The Bertz CT molecular complexity index is 1390. The van der Waals surface area contributed by atoms with Crippen molar-refractivity contribution >= 4 is 38.6 Å². The van der Waals surface area contributed by atoms with Gasteiger partial charge in [-0.15, -0.1) is 11.3 Å². The van der Waals surface area contributed by atoms with Crippen molar-refractivity contribution in [1.29, 1.82) is 0 Å². The summed E-state index contributed by atoms with van der Waals surface area (Å²) in [7, 11) is 3.54. The number of aromatic nitrogens is 4. The number of carbonyl (C=O) groups excluding carboxylic acids is 1. The van der Waals surface area contributed by atoms with Crippen LogP contribution in [0.3, 0.4) is 0 Å². The van der Waals surface area contributed by atoms with E-state index in [1.54, 1.807) is 30.6 Å². The van der Waals surface area contributed by atoms with E-state index in [2.05, 4.69) is 15.6 Å². The number of aryl methyl sites for hydroxylation is 1. The number of halogens is 1. The van der Waals surface area contributed by atoms with Crippen molar-refractivity contribution in [3.63, 3.8) is 0 Å². The lowest BCUT2D eigenvalue weighted by molar-refractivity contribution is 0.0606. The van der Waals surface area contributed by atoms with Gasteiger partial charge in [0, 0.05) is 31.7 Å². The second-order valence-corrected chi connectivity index (χ2v) is 10.4. The summed E-state index contributed by atoms with van der Waals surface area (Å²) in [5.41, 5.74) is 11.7. The lowest BCUT2D eigenvalue weighted by atomic mass is 10.0. The summed E-state index contributed by atoms with van der Waals surface area (Å²) >= 11 is 1.62. The van der Waals surface area contributed by atoms with E-state index in [0.29, 0.717) is 29.3 Å². The van der Waals surface area contributed by atoms with Gasteiger partial charge in [0.05, 0.1) is 35.1 Å². The Morgan fingerprint density at radius 2 is 2.12 bits per heavy atom. The number of alkyl halides is 1. The maximum absolute atomic E-state index is 14.1. The summed E-state index contributed by atoms with van der Waals surface area (Å²) in [5.74, 6) is 1.78. The lowest BCUT2D eigenvalue weighted by Crippen LogP contribution is -2.50. The number of fused-ring (bicyclic) bond motifs is 2. The van der Waals surface area contributed by atoms with Crippen molar-refractivity contribution < 1.29 is 13.9 Å². The van der Waals surface area contributed by atoms with Gasteiger partial charge >= 0.3 is 0 Å². The monoisotopic (exact) mass is 482 g/mol. The number of ether oxygens (including phenoxy) is 1. The van der Waals surface area contributed by atoms with Crippen LogP contribution in [0.1, 0.15) is 29.6 Å². The highest BCUT2D eigenvalue weighted by molar-refractivity contribution is 7.16. The molecule has 4 heterocycles. The minimum Gasteiger partial charge on any atom is -0.494 e. The zero-order chi connectivity index (χ0) is 23.6. The van der Waals surface area contributed by atoms with Crippen LogP contribution < -0.4 is 10.5 Å². The number of carbonyl (C=O) groups is 1. The van der Waals surface area contributed by atoms with Gasteiger partial charge < -0.3 is 24.5 Å². The van der Waals surface area contributed by atoms with E-state index in [4.69, 9.17) is 15.5 Å². The molecule has 2 N–H and O–H groups in total. The number of piperidine rings is 1. The van der Waals surface area contributed by atoms with Gasteiger partial charge in [-0.05, 0) is 43.4 Å². The molecule has 3 aromatic heterocycles. The molecule has 4 aromatic rings.